The SMILES string of the molecule is CNCc1ccc(Br)cc1N1CCN(C(C)C)CC1. The van der Waals surface area contributed by atoms with E-state index in [9.17, 15) is 0 Å². The van der Waals surface area contributed by atoms with Crippen LogP contribution in [0.2, 0.25) is 0 Å². The largest absolute Gasteiger partial charge is 0.369 e. The Bertz CT molecular complexity index is 412. The molecule has 0 atom stereocenters. The molecule has 0 unspecified atom stereocenters. The van der Waals surface area contributed by atoms with Crippen molar-refractivity contribution in [2.24, 2.45) is 0 Å². The summed E-state index contributed by atoms with van der Waals surface area (Å²) in [4.78, 5) is 5.06. The summed E-state index contributed by atoms with van der Waals surface area (Å²) < 4.78 is 1.16. The van der Waals surface area contributed by atoms with Crippen LogP contribution in [0.15, 0.2) is 22.7 Å². The van der Waals surface area contributed by atoms with Crippen LogP contribution in [-0.2, 0) is 6.54 Å². The van der Waals surface area contributed by atoms with Crippen LogP contribution in [0.3, 0.4) is 0 Å². The molecular weight excluding hydrogens is 302 g/mol. The summed E-state index contributed by atoms with van der Waals surface area (Å²) in [6.45, 7) is 10.0. The Morgan fingerprint density at radius 3 is 2.47 bits per heavy atom. The molecule has 1 saturated heterocycles. The van der Waals surface area contributed by atoms with Gasteiger partial charge >= 0.3 is 0 Å². The quantitative estimate of drug-likeness (QED) is 0.918. The van der Waals surface area contributed by atoms with E-state index < -0.39 is 0 Å². The molecule has 0 amide bonds. The summed E-state index contributed by atoms with van der Waals surface area (Å²) in [5.41, 5.74) is 2.75. The lowest BCUT2D eigenvalue weighted by Gasteiger charge is -2.39. The molecule has 0 aromatic heterocycles. The van der Waals surface area contributed by atoms with Crippen molar-refractivity contribution in [3.8, 4) is 0 Å². The molecule has 1 fully saturated rings. The third kappa shape index (κ3) is 3.71. The highest BCUT2D eigenvalue weighted by molar-refractivity contribution is 9.10. The molecule has 0 bridgehead atoms. The van der Waals surface area contributed by atoms with Crippen molar-refractivity contribution in [3.63, 3.8) is 0 Å². The number of anilines is 1. The maximum Gasteiger partial charge on any atom is 0.0424 e. The molecule has 0 aliphatic carbocycles. The molecule has 0 radical (unpaired) electrons. The summed E-state index contributed by atoms with van der Waals surface area (Å²) in [6, 6.07) is 7.24. The van der Waals surface area contributed by atoms with Crippen LogP contribution in [0.4, 0.5) is 5.69 Å². The van der Waals surface area contributed by atoms with Gasteiger partial charge < -0.3 is 10.2 Å². The first-order chi connectivity index (χ1) is 9.11. The summed E-state index contributed by atoms with van der Waals surface area (Å²) in [5.74, 6) is 0. The second-order valence-electron chi connectivity index (χ2n) is 5.42. The zero-order valence-corrected chi connectivity index (χ0v) is 13.7. The fourth-order valence-electron chi connectivity index (χ4n) is 2.65. The van der Waals surface area contributed by atoms with Crippen LogP contribution >= 0.6 is 15.9 Å². The van der Waals surface area contributed by atoms with Gasteiger partial charge in [0.25, 0.3) is 0 Å². The number of rotatable bonds is 4. The molecule has 3 nitrogen and oxygen atoms in total. The number of hydrogen-bond donors (Lipinski definition) is 1. The molecule has 0 saturated carbocycles. The molecular formula is C15H24BrN3. The topological polar surface area (TPSA) is 18.5 Å². The van der Waals surface area contributed by atoms with Crippen molar-refractivity contribution in [2.45, 2.75) is 26.4 Å². The Hall–Kier alpha value is -0.580. The normalized spacial score (nSPS) is 17.2. The first kappa shape index (κ1) is 14.8. The van der Waals surface area contributed by atoms with E-state index in [1.807, 2.05) is 7.05 Å². The van der Waals surface area contributed by atoms with E-state index in [0.717, 1.165) is 37.2 Å². The van der Waals surface area contributed by atoms with Crippen molar-refractivity contribution in [3.05, 3.63) is 28.2 Å². The van der Waals surface area contributed by atoms with Crippen LogP contribution in [0, 0.1) is 0 Å². The van der Waals surface area contributed by atoms with E-state index in [2.05, 4.69) is 63.1 Å². The zero-order chi connectivity index (χ0) is 13.8. The zero-order valence-electron chi connectivity index (χ0n) is 12.1. The van der Waals surface area contributed by atoms with E-state index in [1.165, 1.54) is 11.3 Å². The summed E-state index contributed by atoms with van der Waals surface area (Å²) in [6.07, 6.45) is 0. The van der Waals surface area contributed by atoms with Crippen molar-refractivity contribution < 1.29 is 0 Å². The molecule has 2 rings (SSSR count). The molecule has 19 heavy (non-hydrogen) atoms. The maximum absolute atomic E-state index is 3.59. The van der Waals surface area contributed by atoms with Gasteiger partial charge in [-0.25, -0.2) is 0 Å². The average Bonchev–Trinajstić information content (AvgIpc) is 2.41. The van der Waals surface area contributed by atoms with Crippen molar-refractivity contribution in [1.29, 1.82) is 0 Å². The first-order valence-corrected chi connectivity index (χ1v) is 7.83. The minimum atomic E-state index is 0.654. The lowest BCUT2D eigenvalue weighted by atomic mass is 10.1. The maximum atomic E-state index is 3.59. The smallest absolute Gasteiger partial charge is 0.0424 e. The van der Waals surface area contributed by atoms with Crippen molar-refractivity contribution in [1.82, 2.24) is 10.2 Å². The van der Waals surface area contributed by atoms with Crippen LogP contribution < -0.4 is 10.2 Å². The van der Waals surface area contributed by atoms with E-state index >= 15 is 0 Å². The minimum Gasteiger partial charge on any atom is -0.369 e. The van der Waals surface area contributed by atoms with Gasteiger partial charge in [-0.2, -0.15) is 0 Å². The summed E-state index contributed by atoms with van der Waals surface area (Å²) >= 11 is 3.59. The van der Waals surface area contributed by atoms with Gasteiger partial charge in [0.15, 0.2) is 0 Å². The Kier molecular flexibility index (Phi) is 5.25. The molecule has 4 heteroatoms. The van der Waals surface area contributed by atoms with Gasteiger partial charge in [0.05, 0.1) is 0 Å². The standard InChI is InChI=1S/C15H24BrN3/c1-12(2)18-6-8-19(9-7-18)15-10-14(16)5-4-13(15)11-17-3/h4-5,10,12,17H,6-9,11H2,1-3H3. The van der Waals surface area contributed by atoms with Gasteiger partial charge in [0, 0.05) is 48.9 Å². The van der Waals surface area contributed by atoms with Gasteiger partial charge in [-0.15, -0.1) is 0 Å². The first-order valence-electron chi connectivity index (χ1n) is 7.04. The second kappa shape index (κ2) is 6.73. The van der Waals surface area contributed by atoms with Crippen LogP contribution in [0.25, 0.3) is 0 Å². The van der Waals surface area contributed by atoms with Gasteiger partial charge in [-0.3, -0.25) is 4.90 Å². The van der Waals surface area contributed by atoms with Crippen LogP contribution in [0.1, 0.15) is 19.4 Å². The summed E-state index contributed by atoms with van der Waals surface area (Å²) in [7, 11) is 2.00. The van der Waals surface area contributed by atoms with Crippen molar-refractivity contribution in [2.75, 3.05) is 38.1 Å². The van der Waals surface area contributed by atoms with E-state index in [4.69, 9.17) is 0 Å². The van der Waals surface area contributed by atoms with E-state index in [-0.39, 0.29) is 0 Å². The number of halogens is 1. The lowest BCUT2D eigenvalue weighted by molar-refractivity contribution is 0.209. The predicted molar refractivity (Wildman–Crippen MR) is 85.8 cm³/mol. The Morgan fingerprint density at radius 1 is 1.21 bits per heavy atom. The van der Waals surface area contributed by atoms with E-state index in [0.29, 0.717) is 6.04 Å². The second-order valence-corrected chi connectivity index (χ2v) is 6.34. The van der Waals surface area contributed by atoms with Gasteiger partial charge in [0.2, 0.25) is 0 Å². The highest BCUT2D eigenvalue weighted by Gasteiger charge is 2.20. The predicted octanol–water partition coefficient (Wildman–Crippen LogP) is 2.70. The summed E-state index contributed by atoms with van der Waals surface area (Å²) in [5, 5.41) is 3.26. The Balaban J connectivity index is 2.12. The molecule has 1 aromatic carbocycles. The molecule has 1 aromatic rings. The highest BCUT2D eigenvalue weighted by Crippen LogP contribution is 2.26. The highest BCUT2D eigenvalue weighted by atomic mass is 79.9. The number of piperazine rings is 1. The number of hydrogen-bond acceptors (Lipinski definition) is 3. The van der Waals surface area contributed by atoms with Crippen molar-refractivity contribution >= 4 is 21.6 Å². The fraction of sp³-hybridized carbons (Fsp3) is 0.600. The average molecular weight is 326 g/mol. The van der Waals surface area contributed by atoms with Gasteiger partial charge in [0.1, 0.15) is 0 Å². The van der Waals surface area contributed by atoms with Crippen LogP contribution in [0.5, 0.6) is 0 Å². The monoisotopic (exact) mass is 325 g/mol. The Labute approximate surface area is 125 Å². The minimum absolute atomic E-state index is 0.654. The molecule has 1 N–H and O–H groups in total. The molecule has 1 aliphatic heterocycles. The number of nitrogens with zero attached hydrogens (tertiary/aromatic N) is 2. The number of nitrogens with one attached hydrogen (secondary N) is 1. The van der Waals surface area contributed by atoms with Gasteiger partial charge in [-0.05, 0) is 38.6 Å². The molecule has 1 heterocycles. The lowest BCUT2D eigenvalue weighted by Crippen LogP contribution is -2.49. The van der Waals surface area contributed by atoms with Crippen LogP contribution in [-0.4, -0.2) is 44.2 Å². The van der Waals surface area contributed by atoms with Gasteiger partial charge in [-0.1, -0.05) is 22.0 Å². The number of benzene rings is 1. The molecule has 0 spiro atoms. The third-order valence-electron chi connectivity index (χ3n) is 3.80. The molecule has 106 valence electrons. The Morgan fingerprint density at radius 2 is 1.89 bits per heavy atom. The third-order valence-corrected chi connectivity index (χ3v) is 4.29. The fourth-order valence-corrected chi connectivity index (χ4v) is 3.00. The molecule has 1 aliphatic rings. The van der Waals surface area contributed by atoms with E-state index in [1.54, 1.807) is 0 Å².